The molecule has 0 N–H and O–H groups in total. The Kier molecular flexibility index (Phi) is 17.0. The highest BCUT2D eigenvalue weighted by Gasteiger charge is 2.31. The molecule has 0 amide bonds. The topological polar surface area (TPSA) is 54.0 Å². The molecule has 5 nitrogen and oxygen atoms in total. The van der Waals surface area contributed by atoms with Gasteiger partial charge in [0, 0.05) is 6.61 Å². The van der Waals surface area contributed by atoms with E-state index in [9.17, 15) is 4.57 Å². The van der Waals surface area contributed by atoms with Crippen molar-refractivity contribution >= 4 is 7.82 Å². The third kappa shape index (κ3) is 15.8. The van der Waals surface area contributed by atoms with E-state index < -0.39 is 7.82 Å². The van der Waals surface area contributed by atoms with Gasteiger partial charge < -0.3 is 9.26 Å². The summed E-state index contributed by atoms with van der Waals surface area (Å²) in [4.78, 5) is 0. The molecule has 0 saturated carbocycles. The van der Waals surface area contributed by atoms with Crippen LogP contribution in [0.15, 0.2) is 48.6 Å². The standard InChI is InChI=1S/C33H55O5P/c1-5-6-7-8-9-10-11-12-13-14-15-16-17-18-19-20-28-36-39(34,37-29-32-22-21-27-35-32)38-31-25-23-30(24-26-31)33(2,3)4/h9-10,12-13,23-26,32H,5-8,11,14-22,27-29H2,1-4H3/b10-9-,13-12-. The van der Waals surface area contributed by atoms with Crippen LogP contribution in [0, 0.1) is 0 Å². The van der Waals surface area contributed by atoms with Gasteiger partial charge in [-0.2, -0.15) is 0 Å². The van der Waals surface area contributed by atoms with E-state index in [4.69, 9.17) is 18.3 Å². The molecule has 1 aromatic rings. The predicted octanol–water partition coefficient (Wildman–Crippen LogP) is 10.5. The number of unbranched alkanes of at least 4 members (excludes halogenated alkanes) is 9. The van der Waals surface area contributed by atoms with Gasteiger partial charge in [0.1, 0.15) is 5.75 Å². The summed E-state index contributed by atoms with van der Waals surface area (Å²) in [5, 5.41) is 0. The Labute approximate surface area is 239 Å². The fourth-order valence-corrected chi connectivity index (χ4v) is 5.71. The van der Waals surface area contributed by atoms with Crippen molar-refractivity contribution in [3.05, 3.63) is 54.1 Å². The number of phosphoric acid groups is 1. The molecule has 2 atom stereocenters. The third-order valence-corrected chi connectivity index (χ3v) is 8.37. The van der Waals surface area contributed by atoms with E-state index in [0.29, 0.717) is 12.4 Å². The SMILES string of the molecule is CCCCC/C=C\C/C=C\CCCCCCCCOP(=O)(OCC1CCCO1)Oc1ccc(C(C)(C)C)cc1. The summed E-state index contributed by atoms with van der Waals surface area (Å²) in [6.45, 7) is 10.0. The molecule has 0 aliphatic carbocycles. The van der Waals surface area contributed by atoms with Gasteiger partial charge in [-0.1, -0.05) is 103 Å². The monoisotopic (exact) mass is 562 g/mol. The van der Waals surface area contributed by atoms with Crippen LogP contribution in [0.1, 0.15) is 123 Å². The fourth-order valence-electron chi connectivity index (χ4n) is 4.45. The number of rotatable bonds is 21. The van der Waals surface area contributed by atoms with Gasteiger partial charge in [0.25, 0.3) is 0 Å². The van der Waals surface area contributed by atoms with Gasteiger partial charge in [-0.25, -0.2) is 4.57 Å². The van der Waals surface area contributed by atoms with E-state index in [1.165, 1.54) is 50.5 Å². The molecule has 1 aliphatic heterocycles. The van der Waals surface area contributed by atoms with Crippen LogP contribution in [0.5, 0.6) is 5.75 Å². The number of hydrogen-bond donors (Lipinski definition) is 0. The van der Waals surface area contributed by atoms with Crippen molar-refractivity contribution in [2.75, 3.05) is 19.8 Å². The molecular weight excluding hydrogens is 507 g/mol. The number of benzene rings is 1. The van der Waals surface area contributed by atoms with Crippen LogP contribution in [-0.2, 0) is 23.8 Å². The number of phosphoric ester groups is 1. The lowest BCUT2D eigenvalue weighted by Crippen LogP contribution is -2.15. The van der Waals surface area contributed by atoms with Gasteiger partial charge in [0.15, 0.2) is 0 Å². The van der Waals surface area contributed by atoms with Crippen LogP contribution in [-0.4, -0.2) is 25.9 Å². The average molecular weight is 563 g/mol. The molecule has 0 radical (unpaired) electrons. The van der Waals surface area contributed by atoms with Crippen LogP contribution in [0.2, 0.25) is 0 Å². The summed E-state index contributed by atoms with van der Waals surface area (Å²) in [5.74, 6) is 0.496. The van der Waals surface area contributed by atoms with E-state index in [1.54, 1.807) is 0 Å². The highest BCUT2D eigenvalue weighted by atomic mass is 31.2. The van der Waals surface area contributed by atoms with E-state index in [2.05, 4.69) is 52.0 Å². The first-order valence-electron chi connectivity index (χ1n) is 15.4. The first-order valence-corrected chi connectivity index (χ1v) is 16.9. The average Bonchev–Trinajstić information content (AvgIpc) is 3.43. The molecule has 1 heterocycles. The molecule has 222 valence electrons. The summed E-state index contributed by atoms with van der Waals surface area (Å²) < 4.78 is 36.3. The highest BCUT2D eigenvalue weighted by molar-refractivity contribution is 7.48. The molecule has 0 aromatic heterocycles. The van der Waals surface area contributed by atoms with Crippen LogP contribution in [0.4, 0.5) is 0 Å². The first-order chi connectivity index (χ1) is 18.8. The van der Waals surface area contributed by atoms with Gasteiger partial charge in [-0.3, -0.25) is 9.05 Å². The maximum absolute atomic E-state index is 13.4. The molecule has 1 aliphatic rings. The zero-order valence-electron chi connectivity index (χ0n) is 25.2. The van der Waals surface area contributed by atoms with Crippen LogP contribution in [0.3, 0.4) is 0 Å². The summed E-state index contributed by atoms with van der Waals surface area (Å²) in [7, 11) is -3.73. The number of allylic oxidation sites excluding steroid dienone is 4. The van der Waals surface area contributed by atoms with Gasteiger partial charge in [-0.05, 0) is 74.5 Å². The van der Waals surface area contributed by atoms with E-state index >= 15 is 0 Å². The predicted molar refractivity (Wildman–Crippen MR) is 164 cm³/mol. The van der Waals surface area contributed by atoms with E-state index in [0.717, 1.165) is 51.6 Å². The van der Waals surface area contributed by atoms with Gasteiger partial charge in [-0.15, -0.1) is 0 Å². The molecule has 6 heteroatoms. The summed E-state index contributed by atoms with van der Waals surface area (Å²) in [5.41, 5.74) is 1.23. The maximum Gasteiger partial charge on any atom is 0.530 e. The minimum atomic E-state index is -3.73. The second-order valence-electron chi connectivity index (χ2n) is 11.7. The van der Waals surface area contributed by atoms with Crippen molar-refractivity contribution in [3.8, 4) is 5.75 Å². The quantitative estimate of drug-likeness (QED) is 0.0847. The minimum Gasteiger partial charge on any atom is -0.404 e. The first kappa shape index (κ1) is 33.8. The molecule has 0 bridgehead atoms. The van der Waals surface area contributed by atoms with Crippen molar-refractivity contribution in [1.29, 1.82) is 0 Å². The molecule has 39 heavy (non-hydrogen) atoms. The van der Waals surface area contributed by atoms with Crippen molar-refractivity contribution in [3.63, 3.8) is 0 Å². The van der Waals surface area contributed by atoms with Gasteiger partial charge in [0.2, 0.25) is 0 Å². The maximum atomic E-state index is 13.4. The number of ether oxygens (including phenoxy) is 1. The lowest BCUT2D eigenvalue weighted by atomic mass is 9.87. The highest BCUT2D eigenvalue weighted by Crippen LogP contribution is 2.50. The minimum absolute atomic E-state index is 0.0383. The Morgan fingerprint density at radius 3 is 2.13 bits per heavy atom. The third-order valence-electron chi connectivity index (χ3n) is 6.97. The molecule has 1 aromatic carbocycles. The Morgan fingerprint density at radius 1 is 0.872 bits per heavy atom. The normalized spacial score (nSPS) is 17.8. The largest absolute Gasteiger partial charge is 0.530 e. The molecule has 2 unspecified atom stereocenters. The second kappa shape index (κ2) is 19.6. The molecule has 2 rings (SSSR count). The Hall–Kier alpha value is -1.39. The second-order valence-corrected chi connectivity index (χ2v) is 13.3. The van der Waals surface area contributed by atoms with Crippen molar-refractivity contribution in [2.24, 2.45) is 0 Å². The van der Waals surface area contributed by atoms with Crippen molar-refractivity contribution in [2.45, 2.75) is 129 Å². The van der Waals surface area contributed by atoms with Crippen LogP contribution < -0.4 is 4.52 Å². The van der Waals surface area contributed by atoms with Gasteiger partial charge in [0.05, 0.1) is 19.3 Å². The van der Waals surface area contributed by atoms with E-state index in [-0.39, 0.29) is 18.1 Å². The van der Waals surface area contributed by atoms with Gasteiger partial charge >= 0.3 is 7.82 Å². The smallest absolute Gasteiger partial charge is 0.404 e. The summed E-state index contributed by atoms with van der Waals surface area (Å²) in [6, 6.07) is 7.68. The number of hydrogen-bond acceptors (Lipinski definition) is 5. The van der Waals surface area contributed by atoms with Crippen molar-refractivity contribution in [1.82, 2.24) is 0 Å². The Morgan fingerprint density at radius 2 is 1.51 bits per heavy atom. The summed E-state index contributed by atoms with van der Waals surface area (Å²) in [6.07, 6.45) is 25.2. The molecular formula is C33H55O5P. The Bertz CT molecular complexity index is 850. The Balaban J connectivity index is 1.62. The van der Waals surface area contributed by atoms with Crippen LogP contribution in [0.25, 0.3) is 0 Å². The van der Waals surface area contributed by atoms with Crippen LogP contribution >= 0.6 is 7.82 Å². The molecule has 1 saturated heterocycles. The zero-order chi connectivity index (χ0) is 28.2. The lowest BCUT2D eigenvalue weighted by Gasteiger charge is -2.22. The zero-order valence-corrected chi connectivity index (χ0v) is 26.1. The van der Waals surface area contributed by atoms with Crippen molar-refractivity contribution < 1.29 is 22.9 Å². The lowest BCUT2D eigenvalue weighted by molar-refractivity contribution is 0.0495. The van der Waals surface area contributed by atoms with E-state index in [1.807, 2.05) is 24.3 Å². The molecule has 0 spiro atoms. The molecule has 1 fully saturated rings. The summed E-state index contributed by atoms with van der Waals surface area (Å²) >= 11 is 0. The fraction of sp³-hybridized carbons (Fsp3) is 0.697.